The van der Waals surface area contributed by atoms with Crippen LogP contribution >= 0.6 is 0 Å². The normalized spacial score (nSPS) is 11.3. The zero-order valence-electron chi connectivity index (χ0n) is 16.8. The number of sulfonamides is 1. The highest BCUT2D eigenvalue weighted by atomic mass is 32.2. The van der Waals surface area contributed by atoms with Gasteiger partial charge in [-0.3, -0.25) is 9.52 Å². The minimum Gasteiger partial charge on any atom is -0.435 e. The first kappa shape index (κ1) is 23.1. The van der Waals surface area contributed by atoms with Crippen LogP contribution in [0.4, 0.5) is 18.9 Å². The van der Waals surface area contributed by atoms with E-state index in [1.165, 1.54) is 36.2 Å². The van der Waals surface area contributed by atoms with E-state index in [0.29, 0.717) is 5.56 Å². The summed E-state index contributed by atoms with van der Waals surface area (Å²) in [5, 5.41) is 0. The van der Waals surface area contributed by atoms with E-state index in [-0.39, 0.29) is 28.4 Å². The SMILES string of the molecule is CN(Cc1ccc(OC(F)F)cc1)C(=O)c1ccccc1NS(=O)(=O)c1ccc(F)cc1. The number of carbonyl (C=O) groups is 1. The van der Waals surface area contributed by atoms with E-state index in [2.05, 4.69) is 9.46 Å². The molecule has 0 aliphatic carbocycles. The number of amides is 1. The third-order valence-electron chi connectivity index (χ3n) is 4.44. The second-order valence-corrected chi connectivity index (χ2v) is 8.47. The fourth-order valence-corrected chi connectivity index (χ4v) is 3.98. The first-order valence-corrected chi connectivity index (χ1v) is 10.8. The third kappa shape index (κ3) is 5.79. The predicted molar refractivity (Wildman–Crippen MR) is 113 cm³/mol. The molecule has 0 aromatic heterocycles. The maximum absolute atomic E-state index is 13.1. The van der Waals surface area contributed by atoms with E-state index in [0.717, 1.165) is 24.3 Å². The number of anilines is 1. The molecule has 3 rings (SSSR count). The van der Waals surface area contributed by atoms with Crippen molar-refractivity contribution in [3.05, 3.63) is 89.7 Å². The van der Waals surface area contributed by atoms with Crippen LogP contribution in [0.15, 0.2) is 77.7 Å². The molecule has 0 spiro atoms. The van der Waals surface area contributed by atoms with Crippen molar-refractivity contribution in [3.8, 4) is 5.75 Å². The molecule has 0 aliphatic heterocycles. The summed E-state index contributed by atoms with van der Waals surface area (Å²) in [5.74, 6) is -1.04. The van der Waals surface area contributed by atoms with Crippen LogP contribution in [-0.2, 0) is 16.6 Å². The molecule has 6 nitrogen and oxygen atoms in total. The molecule has 168 valence electrons. The van der Waals surface area contributed by atoms with Crippen LogP contribution in [0.5, 0.6) is 5.75 Å². The lowest BCUT2D eigenvalue weighted by Crippen LogP contribution is -2.27. The summed E-state index contributed by atoms with van der Waals surface area (Å²) in [6.07, 6.45) is 0. The highest BCUT2D eigenvalue weighted by Crippen LogP contribution is 2.23. The van der Waals surface area contributed by atoms with Crippen LogP contribution in [0.3, 0.4) is 0 Å². The average Bonchev–Trinajstić information content (AvgIpc) is 2.74. The van der Waals surface area contributed by atoms with Gasteiger partial charge in [-0.15, -0.1) is 0 Å². The van der Waals surface area contributed by atoms with E-state index < -0.39 is 28.4 Å². The standard InChI is InChI=1S/C22H19F3N2O4S/c1-27(14-15-6-10-17(11-7-15)31-22(24)25)21(28)19-4-2-3-5-20(19)26-32(29,30)18-12-8-16(23)9-13-18/h2-13,22,26H,14H2,1H3. The van der Waals surface area contributed by atoms with E-state index in [1.807, 2.05) is 0 Å². The summed E-state index contributed by atoms with van der Waals surface area (Å²) in [6.45, 7) is -2.78. The van der Waals surface area contributed by atoms with Crippen LogP contribution in [0.2, 0.25) is 0 Å². The number of halogens is 3. The largest absolute Gasteiger partial charge is 0.435 e. The Morgan fingerprint density at radius 3 is 2.25 bits per heavy atom. The first-order valence-electron chi connectivity index (χ1n) is 9.32. The summed E-state index contributed by atoms with van der Waals surface area (Å²) in [7, 11) is -2.52. The highest BCUT2D eigenvalue weighted by molar-refractivity contribution is 7.92. The van der Waals surface area contributed by atoms with Gasteiger partial charge < -0.3 is 9.64 Å². The van der Waals surface area contributed by atoms with Crippen LogP contribution in [0, 0.1) is 5.82 Å². The molecule has 3 aromatic rings. The summed E-state index contributed by atoms with van der Waals surface area (Å²) < 4.78 is 69.6. The molecule has 10 heteroatoms. The summed E-state index contributed by atoms with van der Waals surface area (Å²) >= 11 is 0. The van der Waals surface area contributed by atoms with Gasteiger partial charge in [-0.25, -0.2) is 12.8 Å². The Bertz CT molecular complexity index is 1180. The molecular formula is C22H19F3N2O4S. The number of alkyl halides is 2. The number of ether oxygens (including phenoxy) is 1. The van der Waals surface area contributed by atoms with Gasteiger partial charge in [-0.1, -0.05) is 24.3 Å². The molecule has 0 bridgehead atoms. The first-order chi connectivity index (χ1) is 15.2. The third-order valence-corrected chi connectivity index (χ3v) is 5.82. The van der Waals surface area contributed by atoms with E-state index >= 15 is 0 Å². The lowest BCUT2D eigenvalue weighted by molar-refractivity contribution is -0.0498. The number of nitrogens with one attached hydrogen (secondary N) is 1. The van der Waals surface area contributed by atoms with Gasteiger partial charge in [-0.05, 0) is 54.1 Å². The molecule has 0 unspecified atom stereocenters. The zero-order chi connectivity index (χ0) is 23.3. The monoisotopic (exact) mass is 464 g/mol. The molecule has 0 saturated heterocycles. The maximum Gasteiger partial charge on any atom is 0.387 e. The molecule has 0 radical (unpaired) electrons. The topological polar surface area (TPSA) is 75.7 Å². The summed E-state index contributed by atoms with van der Waals surface area (Å²) in [5.41, 5.74) is 0.833. The molecule has 0 fully saturated rings. The summed E-state index contributed by atoms with van der Waals surface area (Å²) in [6, 6.07) is 16.2. The van der Waals surface area contributed by atoms with Crippen molar-refractivity contribution in [1.29, 1.82) is 0 Å². The quantitative estimate of drug-likeness (QED) is 0.533. The van der Waals surface area contributed by atoms with Gasteiger partial charge in [0.2, 0.25) is 0 Å². The molecular weight excluding hydrogens is 445 g/mol. The van der Waals surface area contributed by atoms with Gasteiger partial charge in [0.1, 0.15) is 11.6 Å². The van der Waals surface area contributed by atoms with E-state index in [4.69, 9.17) is 0 Å². The van der Waals surface area contributed by atoms with Gasteiger partial charge in [0.15, 0.2) is 0 Å². The second kappa shape index (κ2) is 9.73. The Balaban J connectivity index is 1.76. The molecule has 0 aliphatic rings. The number of carbonyl (C=O) groups excluding carboxylic acids is 1. The van der Waals surface area contributed by atoms with Gasteiger partial charge >= 0.3 is 6.61 Å². The fraction of sp³-hybridized carbons (Fsp3) is 0.136. The van der Waals surface area contributed by atoms with Gasteiger partial charge in [0.25, 0.3) is 15.9 Å². The lowest BCUT2D eigenvalue weighted by atomic mass is 10.1. The van der Waals surface area contributed by atoms with Crippen LogP contribution in [-0.4, -0.2) is 32.9 Å². The molecule has 32 heavy (non-hydrogen) atoms. The van der Waals surface area contributed by atoms with Crippen LogP contribution in [0.25, 0.3) is 0 Å². The molecule has 0 heterocycles. The number of benzene rings is 3. The number of hydrogen-bond donors (Lipinski definition) is 1. The van der Waals surface area contributed by atoms with Crippen molar-refractivity contribution >= 4 is 21.6 Å². The van der Waals surface area contributed by atoms with Crippen LogP contribution in [0.1, 0.15) is 15.9 Å². The van der Waals surface area contributed by atoms with Gasteiger partial charge in [0, 0.05) is 13.6 Å². The van der Waals surface area contributed by atoms with Crippen LogP contribution < -0.4 is 9.46 Å². The Hall–Kier alpha value is -3.53. The van der Waals surface area contributed by atoms with Crippen molar-refractivity contribution in [2.24, 2.45) is 0 Å². The number of para-hydroxylation sites is 1. The highest BCUT2D eigenvalue weighted by Gasteiger charge is 2.21. The fourth-order valence-electron chi connectivity index (χ4n) is 2.90. The van der Waals surface area contributed by atoms with Gasteiger partial charge in [-0.2, -0.15) is 8.78 Å². The number of rotatable bonds is 8. The van der Waals surface area contributed by atoms with Crippen molar-refractivity contribution in [2.45, 2.75) is 18.1 Å². The molecule has 1 amide bonds. The molecule has 1 N–H and O–H groups in total. The maximum atomic E-state index is 13.1. The minimum atomic E-state index is -4.05. The Morgan fingerprint density at radius 1 is 1.00 bits per heavy atom. The average molecular weight is 464 g/mol. The number of nitrogens with zero attached hydrogens (tertiary/aromatic N) is 1. The van der Waals surface area contributed by atoms with Crippen molar-refractivity contribution in [2.75, 3.05) is 11.8 Å². The van der Waals surface area contributed by atoms with Crippen molar-refractivity contribution < 1.29 is 31.1 Å². The Labute approximate surface area is 183 Å². The van der Waals surface area contributed by atoms with Crippen molar-refractivity contribution in [1.82, 2.24) is 4.90 Å². The predicted octanol–water partition coefficient (Wildman–Crippen LogP) is 4.50. The molecule has 0 saturated carbocycles. The smallest absolute Gasteiger partial charge is 0.387 e. The Kier molecular flexibility index (Phi) is 7.04. The summed E-state index contributed by atoms with van der Waals surface area (Å²) in [4.78, 5) is 14.2. The zero-order valence-corrected chi connectivity index (χ0v) is 17.7. The van der Waals surface area contributed by atoms with E-state index in [9.17, 15) is 26.4 Å². The molecule has 0 atom stereocenters. The van der Waals surface area contributed by atoms with Gasteiger partial charge in [0.05, 0.1) is 16.1 Å². The number of hydrogen-bond acceptors (Lipinski definition) is 4. The second-order valence-electron chi connectivity index (χ2n) is 6.79. The van der Waals surface area contributed by atoms with E-state index in [1.54, 1.807) is 24.3 Å². The lowest BCUT2D eigenvalue weighted by Gasteiger charge is -2.20. The Morgan fingerprint density at radius 2 is 1.62 bits per heavy atom. The molecule has 3 aromatic carbocycles. The van der Waals surface area contributed by atoms with Crippen molar-refractivity contribution in [3.63, 3.8) is 0 Å². The minimum absolute atomic E-state index is 0.00160.